The molecule has 0 saturated heterocycles. The first kappa shape index (κ1) is 22.0. The highest BCUT2D eigenvalue weighted by Crippen LogP contribution is 2.45. The first-order valence-corrected chi connectivity index (χ1v) is 12.5. The van der Waals surface area contributed by atoms with Crippen LogP contribution >= 0.6 is 0 Å². The molecule has 0 aliphatic carbocycles. The van der Waals surface area contributed by atoms with Crippen LogP contribution in [-0.2, 0) is 0 Å². The number of rotatable bonds is 4. The van der Waals surface area contributed by atoms with Gasteiger partial charge in [0.2, 0.25) is 0 Å². The Morgan fingerprint density at radius 3 is 1.21 bits per heavy atom. The summed E-state index contributed by atoms with van der Waals surface area (Å²) in [5, 5.41) is 4.77. The highest BCUT2D eigenvalue weighted by atomic mass is 14.8. The molecule has 0 aliphatic rings. The number of hydrogen-bond donors (Lipinski definition) is 0. The summed E-state index contributed by atoms with van der Waals surface area (Å²) in [5.41, 5.74) is 8.71. The molecule has 2 aromatic heterocycles. The van der Waals surface area contributed by atoms with Gasteiger partial charge in [0.1, 0.15) is 12.7 Å². The quantitative estimate of drug-likeness (QED) is 0.235. The van der Waals surface area contributed by atoms with E-state index in [2.05, 4.69) is 117 Å². The standard InChI is InChI=1S/C34H22N4/c1-3-7-23(8-4-1)33-27-13-11-26(32-16-18-36-22-38-32)20-30(27)34(24-9-5-2-6-10-24)28-14-12-25(19-29(28)33)31-15-17-35-21-37-31/h1-22H. The van der Waals surface area contributed by atoms with Gasteiger partial charge in [0.15, 0.2) is 0 Å². The topological polar surface area (TPSA) is 51.6 Å². The lowest BCUT2D eigenvalue weighted by atomic mass is 9.84. The Bertz CT molecular complexity index is 1740. The summed E-state index contributed by atoms with van der Waals surface area (Å²) < 4.78 is 0. The normalized spacial score (nSPS) is 11.2. The summed E-state index contributed by atoms with van der Waals surface area (Å²) in [6.45, 7) is 0. The molecule has 4 heteroatoms. The highest BCUT2D eigenvalue weighted by Gasteiger charge is 2.18. The van der Waals surface area contributed by atoms with Crippen molar-refractivity contribution in [2.24, 2.45) is 0 Å². The Morgan fingerprint density at radius 1 is 0.368 bits per heavy atom. The fourth-order valence-corrected chi connectivity index (χ4v) is 5.30. The molecule has 7 rings (SSSR count). The summed E-state index contributed by atoms with van der Waals surface area (Å²) >= 11 is 0. The number of hydrogen-bond acceptors (Lipinski definition) is 4. The molecule has 0 unspecified atom stereocenters. The highest BCUT2D eigenvalue weighted by molar-refractivity contribution is 6.22. The minimum Gasteiger partial charge on any atom is -0.245 e. The van der Waals surface area contributed by atoms with Crippen molar-refractivity contribution >= 4 is 21.5 Å². The van der Waals surface area contributed by atoms with E-state index in [1.807, 2.05) is 12.1 Å². The zero-order chi connectivity index (χ0) is 25.3. The van der Waals surface area contributed by atoms with Gasteiger partial charge in [-0.1, -0.05) is 84.9 Å². The summed E-state index contributed by atoms with van der Waals surface area (Å²) in [7, 11) is 0. The van der Waals surface area contributed by atoms with Crippen LogP contribution in [-0.4, -0.2) is 19.9 Å². The van der Waals surface area contributed by atoms with E-state index in [1.54, 1.807) is 25.0 Å². The Labute approximate surface area is 220 Å². The molecule has 7 aromatic rings. The van der Waals surface area contributed by atoms with Crippen molar-refractivity contribution in [1.29, 1.82) is 0 Å². The van der Waals surface area contributed by atoms with Crippen LogP contribution in [0.1, 0.15) is 0 Å². The largest absolute Gasteiger partial charge is 0.245 e. The van der Waals surface area contributed by atoms with Crippen molar-refractivity contribution in [3.05, 3.63) is 134 Å². The third-order valence-corrected chi connectivity index (χ3v) is 7.00. The summed E-state index contributed by atoms with van der Waals surface area (Å²) in [5.74, 6) is 0. The molecule has 0 spiro atoms. The van der Waals surface area contributed by atoms with Crippen molar-refractivity contribution in [1.82, 2.24) is 19.9 Å². The first-order chi connectivity index (χ1) is 18.9. The molecule has 0 atom stereocenters. The van der Waals surface area contributed by atoms with Crippen LogP contribution in [0.3, 0.4) is 0 Å². The van der Waals surface area contributed by atoms with E-state index in [1.165, 1.54) is 43.8 Å². The SMILES string of the molecule is c1ccc(-c2c3ccc(-c4ccncn4)cc3c(-c3ccccc3)c3ccc(-c4ccncn4)cc23)cc1. The van der Waals surface area contributed by atoms with E-state index in [9.17, 15) is 0 Å². The van der Waals surface area contributed by atoms with Crippen LogP contribution < -0.4 is 0 Å². The van der Waals surface area contributed by atoms with Gasteiger partial charge in [0, 0.05) is 23.5 Å². The molecular formula is C34H22N4. The van der Waals surface area contributed by atoms with Gasteiger partial charge in [-0.3, -0.25) is 0 Å². The minimum absolute atomic E-state index is 0.904. The zero-order valence-electron chi connectivity index (χ0n) is 20.5. The van der Waals surface area contributed by atoms with E-state index in [-0.39, 0.29) is 0 Å². The van der Waals surface area contributed by atoms with Crippen LogP contribution in [0.25, 0.3) is 66.3 Å². The fraction of sp³-hybridized carbons (Fsp3) is 0. The van der Waals surface area contributed by atoms with Gasteiger partial charge in [0.05, 0.1) is 11.4 Å². The van der Waals surface area contributed by atoms with Gasteiger partial charge in [-0.15, -0.1) is 0 Å². The molecule has 5 aromatic carbocycles. The molecule has 178 valence electrons. The fourth-order valence-electron chi connectivity index (χ4n) is 5.30. The molecule has 0 N–H and O–H groups in total. The molecule has 38 heavy (non-hydrogen) atoms. The summed E-state index contributed by atoms with van der Waals surface area (Å²) in [4.78, 5) is 17.3. The number of aromatic nitrogens is 4. The maximum atomic E-state index is 4.52. The van der Waals surface area contributed by atoms with Gasteiger partial charge in [-0.05, 0) is 68.1 Å². The predicted molar refractivity (Wildman–Crippen MR) is 154 cm³/mol. The lowest BCUT2D eigenvalue weighted by Crippen LogP contribution is -1.93. The molecule has 0 amide bonds. The second-order valence-electron chi connectivity index (χ2n) is 9.19. The molecule has 0 bridgehead atoms. The van der Waals surface area contributed by atoms with E-state index < -0.39 is 0 Å². The molecule has 0 aliphatic heterocycles. The van der Waals surface area contributed by atoms with Gasteiger partial charge in [-0.25, -0.2) is 19.9 Å². The Balaban J connectivity index is 1.64. The summed E-state index contributed by atoms with van der Waals surface area (Å²) in [6, 6.07) is 38.5. The van der Waals surface area contributed by atoms with E-state index in [0.717, 1.165) is 22.5 Å². The third kappa shape index (κ3) is 3.80. The van der Waals surface area contributed by atoms with Crippen LogP contribution in [0.4, 0.5) is 0 Å². The molecule has 4 nitrogen and oxygen atoms in total. The van der Waals surface area contributed by atoms with E-state index >= 15 is 0 Å². The minimum atomic E-state index is 0.904. The smallest absolute Gasteiger partial charge is 0.116 e. The number of fused-ring (bicyclic) bond motifs is 2. The van der Waals surface area contributed by atoms with E-state index in [0.29, 0.717) is 0 Å². The van der Waals surface area contributed by atoms with Gasteiger partial charge >= 0.3 is 0 Å². The van der Waals surface area contributed by atoms with Crippen LogP contribution in [0, 0.1) is 0 Å². The second-order valence-corrected chi connectivity index (χ2v) is 9.19. The Hall–Kier alpha value is -5.22. The van der Waals surface area contributed by atoms with Crippen molar-refractivity contribution in [2.45, 2.75) is 0 Å². The Kier molecular flexibility index (Phi) is 5.41. The van der Waals surface area contributed by atoms with Crippen LogP contribution in [0.15, 0.2) is 134 Å². The van der Waals surface area contributed by atoms with Crippen molar-refractivity contribution in [3.63, 3.8) is 0 Å². The second kappa shape index (κ2) is 9.34. The first-order valence-electron chi connectivity index (χ1n) is 12.5. The lowest BCUT2D eigenvalue weighted by Gasteiger charge is -2.19. The molecule has 2 heterocycles. The maximum absolute atomic E-state index is 4.52. The average Bonchev–Trinajstić information content (AvgIpc) is 3.01. The van der Waals surface area contributed by atoms with Crippen molar-refractivity contribution in [2.75, 3.05) is 0 Å². The average molecular weight is 487 g/mol. The molecule has 0 saturated carbocycles. The lowest BCUT2D eigenvalue weighted by molar-refractivity contribution is 1.17. The van der Waals surface area contributed by atoms with E-state index in [4.69, 9.17) is 0 Å². The predicted octanol–water partition coefficient (Wildman–Crippen LogP) is 8.24. The zero-order valence-corrected chi connectivity index (χ0v) is 20.5. The molecule has 0 fully saturated rings. The van der Waals surface area contributed by atoms with Gasteiger partial charge in [-0.2, -0.15) is 0 Å². The van der Waals surface area contributed by atoms with Gasteiger partial charge in [0.25, 0.3) is 0 Å². The summed E-state index contributed by atoms with van der Waals surface area (Å²) in [6.07, 6.45) is 6.77. The van der Waals surface area contributed by atoms with Crippen molar-refractivity contribution in [3.8, 4) is 44.8 Å². The van der Waals surface area contributed by atoms with Crippen molar-refractivity contribution < 1.29 is 0 Å². The van der Waals surface area contributed by atoms with Crippen LogP contribution in [0.5, 0.6) is 0 Å². The number of nitrogens with zero attached hydrogens (tertiary/aromatic N) is 4. The maximum Gasteiger partial charge on any atom is 0.116 e. The Morgan fingerprint density at radius 2 is 0.816 bits per heavy atom. The third-order valence-electron chi connectivity index (χ3n) is 7.00. The monoisotopic (exact) mass is 486 g/mol. The van der Waals surface area contributed by atoms with Gasteiger partial charge < -0.3 is 0 Å². The molecular weight excluding hydrogens is 464 g/mol. The van der Waals surface area contributed by atoms with Crippen LogP contribution in [0.2, 0.25) is 0 Å². The number of benzene rings is 5. The molecule has 0 radical (unpaired) electrons.